The number of hydroxylamine groups is 1. The topological polar surface area (TPSA) is 137 Å². The summed E-state index contributed by atoms with van der Waals surface area (Å²) >= 11 is 0. The molecule has 1 unspecified atom stereocenters. The van der Waals surface area contributed by atoms with E-state index in [1.54, 1.807) is 73.6 Å². The molecule has 0 saturated heterocycles. The Bertz CT molecular complexity index is 1680. The zero-order valence-electron chi connectivity index (χ0n) is 27.0. The number of hydrogen-bond donors (Lipinski definition) is 1. The minimum absolute atomic E-state index is 0.0512. The third kappa shape index (κ3) is 7.69. The number of imide groups is 1. The van der Waals surface area contributed by atoms with Crippen molar-refractivity contribution in [2.75, 3.05) is 4.90 Å². The molecule has 2 amide bonds. The van der Waals surface area contributed by atoms with Gasteiger partial charge in [0.2, 0.25) is 0 Å². The molecule has 1 aromatic heterocycles. The first kappa shape index (κ1) is 33.6. The Morgan fingerprint density at radius 1 is 0.911 bits per heavy atom. The van der Waals surface area contributed by atoms with Gasteiger partial charge in [-0.2, -0.15) is 4.90 Å². The fourth-order valence-corrected chi connectivity index (χ4v) is 5.39. The highest BCUT2D eigenvalue weighted by molar-refractivity contribution is 7.92. The second kappa shape index (κ2) is 12.2. The van der Waals surface area contributed by atoms with Gasteiger partial charge >= 0.3 is 12.2 Å². The summed E-state index contributed by atoms with van der Waals surface area (Å²) in [7, 11) is -3.49. The summed E-state index contributed by atoms with van der Waals surface area (Å²) in [4.78, 5) is 43.2. The first-order valence-corrected chi connectivity index (χ1v) is 16.1. The largest absolute Gasteiger partial charge is 0.443 e. The molecule has 3 aromatic rings. The van der Waals surface area contributed by atoms with Gasteiger partial charge in [-0.05, 0) is 86.1 Å². The number of rotatable bonds is 6. The lowest BCUT2D eigenvalue weighted by Gasteiger charge is -2.28. The molecular weight excluding hydrogens is 596 g/mol. The van der Waals surface area contributed by atoms with Crippen LogP contribution in [0, 0.1) is 0 Å². The fraction of sp³-hybridized carbons (Fsp3) is 0.394. The van der Waals surface area contributed by atoms with Crippen LogP contribution in [0.1, 0.15) is 73.6 Å². The summed E-state index contributed by atoms with van der Waals surface area (Å²) in [5, 5.41) is -0.585. The molecule has 1 aliphatic rings. The summed E-state index contributed by atoms with van der Waals surface area (Å²) in [5.74, 6) is 0.0217. The maximum Gasteiger partial charge on any atom is 0.425 e. The van der Waals surface area contributed by atoms with Gasteiger partial charge < -0.3 is 14.3 Å². The molecule has 2 aromatic carbocycles. The van der Waals surface area contributed by atoms with Gasteiger partial charge in [0, 0.05) is 5.56 Å². The molecule has 1 N–H and O–H groups in total. The maximum atomic E-state index is 13.5. The quantitative estimate of drug-likeness (QED) is 0.308. The lowest BCUT2D eigenvalue weighted by atomic mass is 9.92. The van der Waals surface area contributed by atoms with Crippen molar-refractivity contribution in [1.29, 1.82) is 0 Å². The first-order chi connectivity index (χ1) is 20.8. The van der Waals surface area contributed by atoms with E-state index in [2.05, 4.69) is 10.5 Å². The molecule has 2 heterocycles. The van der Waals surface area contributed by atoms with E-state index in [4.69, 9.17) is 19.3 Å². The van der Waals surface area contributed by atoms with Gasteiger partial charge in [0.1, 0.15) is 11.2 Å². The average molecular weight is 637 g/mol. The van der Waals surface area contributed by atoms with Gasteiger partial charge in [0.05, 0.1) is 27.6 Å². The number of aromatic nitrogens is 2. The fourth-order valence-electron chi connectivity index (χ4n) is 4.33. The van der Waals surface area contributed by atoms with Crippen LogP contribution in [0.3, 0.4) is 0 Å². The van der Waals surface area contributed by atoms with Crippen molar-refractivity contribution in [3.63, 3.8) is 0 Å². The molecule has 11 nitrogen and oxygen atoms in total. The highest BCUT2D eigenvalue weighted by Crippen LogP contribution is 2.37. The van der Waals surface area contributed by atoms with Crippen molar-refractivity contribution >= 4 is 33.6 Å². The van der Waals surface area contributed by atoms with Crippen molar-refractivity contribution in [2.24, 2.45) is 0 Å². The van der Waals surface area contributed by atoms with Crippen LogP contribution in [0.4, 0.5) is 15.4 Å². The van der Waals surface area contributed by atoms with E-state index >= 15 is 0 Å². The van der Waals surface area contributed by atoms with Crippen LogP contribution in [0.15, 0.2) is 71.8 Å². The smallest absolute Gasteiger partial charge is 0.425 e. The molecule has 0 saturated carbocycles. The lowest BCUT2D eigenvalue weighted by molar-refractivity contribution is 0.0428. The highest BCUT2D eigenvalue weighted by Gasteiger charge is 2.39. The van der Waals surface area contributed by atoms with Crippen LogP contribution in [-0.2, 0) is 29.7 Å². The number of amides is 2. The molecule has 0 radical (unpaired) electrons. The minimum atomic E-state index is -3.49. The second-order valence-electron chi connectivity index (χ2n) is 13.1. The molecule has 0 bridgehead atoms. The number of sulfone groups is 1. The minimum Gasteiger partial charge on any atom is -0.443 e. The van der Waals surface area contributed by atoms with Gasteiger partial charge in [0.15, 0.2) is 27.1 Å². The average Bonchev–Trinajstić information content (AvgIpc) is 3.35. The van der Waals surface area contributed by atoms with Crippen LogP contribution in [0.25, 0.3) is 17.0 Å². The Morgan fingerprint density at radius 3 is 1.98 bits per heavy atom. The van der Waals surface area contributed by atoms with Gasteiger partial charge in [-0.3, -0.25) is 0 Å². The van der Waals surface area contributed by atoms with Crippen LogP contribution in [0.5, 0.6) is 0 Å². The summed E-state index contributed by atoms with van der Waals surface area (Å²) in [5.41, 5.74) is 2.17. The van der Waals surface area contributed by atoms with E-state index in [1.807, 2.05) is 37.3 Å². The summed E-state index contributed by atoms with van der Waals surface area (Å²) < 4.78 is 36.5. The molecule has 240 valence electrons. The predicted octanol–water partition coefficient (Wildman–Crippen LogP) is 6.79. The number of ether oxygens (including phenoxy) is 2. The van der Waals surface area contributed by atoms with Crippen LogP contribution in [0.2, 0.25) is 0 Å². The van der Waals surface area contributed by atoms with E-state index < -0.39 is 44.0 Å². The van der Waals surface area contributed by atoms with Gasteiger partial charge in [0.25, 0.3) is 0 Å². The van der Waals surface area contributed by atoms with Gasteiger partial charge in [-0.25, -0.2) is 28.0 Å². The van der Waals surface area contributed by atoms with E-state index in [-0.39, 0.29) is 22.2 Å². The van der Waals surface area contributed by atoms with Crippen LogP contribution in [-0.4, -0.2) is 47.0 Å². The molecule has 0 aliphatic carbocycles. The highest BCUT2D eigenvalue weighted by atomic mass is 32.2. The number of carbonyl (C=O) groups excluding carboxylic acids is 2. The molecule has 1 aliphatic heterocycles. The molecular formula is C33H40N4O7S. The predicted molar refractivity (Wildman–Crippen MR) is 171 cm³/mol. The van der Waals surface area contributed by atoms with E-state index in [0.29, 0.717) is 16.2 Å². The van der Waals surface area contributed by atoms with Crippen molar-refractivity contribution in [3.05, 3.63) is 78.1 Å². The Morgan fingerprint density at radius 2 is 1.47 bits per heavy atom. The lowest BCUT2D eigenvalue weighted by Crippen LogP contribution is -2.44. The third-order valence-electron chi connectivity index (χ3n) is 6.62. The summed E-state index contributed by atoms with van der Waals surface area (Å²) in [6.07, 6.45) is 1.13. The molecule has 45 heavy (non-hydrogen) atoms. The zero-order chi connectivity index (χ0) is 33.4. The number of hydrogen-bond acceptors (Lipinski definition) is 10. The summed E-state index contributed by atoms with van der Waals surface area (Å²) in [6, 6.07) is 15.8. The van der Waals surface area contributed by atoms with E-state index in [1.165, 1.54) is 18.3 Å². The van der Waals surface area contributed by atoms with Crippen molar-refractivity contribution in [2.45, 2.75) is 89.2 Å². The molecule has 12 heteroatoms. The second-order valence-corrected chi connectivity index (χ2v) is 15.6. The number of nitrogens with one attached hydrogen (secondary N) is 1. The van der Waals surface area contributed by atoms with E-state index in [0.717, 1.165) is 5.56 Å². The number of carbonyl (C=O) groups is 2. The maximum absolute atomic E-state index is 13.5. The number of anilines is 1. The molecule has 0 fully saturated rings. The number of nitrogens with zero attached hydrogens (tertiary/aromatic N) is 3. The van der Waals surface area contributed by atoms with Crippen molar-refractivity contribution in [3.8, 4) is 11.3 Å². The standard InChI is InChI=1S/C33H40N4O7S/c1-21(2)45(40,41)24-17-15-22(16-18-24)25-20-34-28(37(29(38)42-31(3,4)5)30(39)43-32(6,7)8)27(35-25)26-19-33(9,36-44-26)23-13-11-10-12-14-23/h10-21,36H,1-9H3. The Labute approximate surface area is 264 Å². The monoisotopic (exact) mass is 636 g/mol. The zero-order valence-corrected chi connectivity index (χ0v) is 27.9. The normalized spacial score (nSPS) is 17.0. The van der Waals surface area contributed by atoms with Crippen LogP contribution >= 0.6 is 0 Å². The Kier molecular flexibility index (Phi) is 9.14. The molecule has 1 atom stereocenters. The molecule has 4 rings (SSSR count). The Hall–Kier alpha value is -4.29. The summed E-state index contributed by atoms with van der Waals surface area (Å²) in [6.45, 7) is 15.2. The molecule has 0 spiro atoms. The third-order valence-corrected chi connectivity index (χ3v) is 8.79. The number of benzene rings is 2. The van der Waals surface area contributed by atoms with Crippen molar-refractivity contribution in [1.82, 2.24) is 15.4 Å². The van der Waals surface area contributed by atoms with Gasteiger partial charge in [-0.15, -0.1) is 5.48 Å². The van der Waals surface area contributed by atoms with E-state index in [9.17, 15) is 18.0 Å². The van der Waals surface area contributed by atoms with Crippen LogP contribution < -0.4 is 10.4 Å². The first-order valence-electron chi connectivity index (χ1n) is 14.5. The van der Waals surface area contributed by atoms with Crippen molar-refractivity contribution < 1.29 is 32.3 Å². The van der Waals surface area contributed by atoms with Gasteiger partial charge in [-0.1, -0.05) is 42.5 Å². The Balaban J connectivity index is 1.90. The SMILES string of the molecule is CC(C)S(=O)(=O)c1ccc(-c2cnc(N(C(=O)OC(C)(C)C)C(=O)OC(C)(C)C)c(C3=CC(C)(c4ccccc4)NO3)n2)cc1.